The topological polar surface area (TPSA) is 50.4 Å². The number of carbonyl (C=O) groups excluding carboxylic acids is 1. The quantitative estimate of drug-likeness (QED) is 0.819. The third-order valence-corrected chi connectivity index (χ3v) is 5.18. The molecule has 21 heavy (non-hydrogen) atoms. The van der Waals surface area contributed by atoms with Crippen molar-refractivity contribution < 1.29 is 9.53 Å². The maximum atomic E-state index is 12.7. The molecule has 2 fully saturated rings. The maximum Gasteiger partial charge on any atom is 0.228 e. The molecule has 1 aliphatic heterocycles. The van der Waals surface area contributed by atoms with Gasteiger partial charge in [0.1, 0.15) is 0 Å². The van der Waals surface area contributed by atoms with Crippen LogP contribution in [0.1, 0.15) is 51.9 Å². The summed E-state index contributed by atoms with van der Waals surface area (Å²) in [7, 11) is 1.70. The number of nitrogens with one attached hydrogen (secondary N) is 2. The van der Waals surface area contributed by atoms with Crippen LogP contribution in [0.4, 0.5) is 0 Å². The largest absolute Gasteiger partial charge is 0.384 e. The lowest BCUT2D eigenvalue weighted by atomic mass is 9.77. The Labute approximate surface area is 135 Å². The molecule has 1 saturated heterocycles. The van der Waals surface area contributed by atoms with Crippen molar-refractivity contribution in [2.45, 2.75) is 57.9 Å². The number of rotatable bonds is 5. The van der Waals surface area contributed by atoms with E-state index in [-0.39, 0.29) is 23.7 Å². The second-order valence-corrected chi connectivity index (χ2v) is 6.62. The lowest BCUT2D eigenvalue weighted by molar-refractivity contribution is -0.137. The van der Waals surface area contributed by atoms with E-state index in [2.05, 4.69) is 17.6 Å². The molecule has 0 aromatic heterocycles. The molecule has 2 aliphatic rings. The van der Waals surface area contributed by atoms with Crippen molar-refractivity contribution in [3.8, 4) is 0 Å². The van der Waals surface area contributed by atoms with Gasteiger partial charge in [0.05, 0.1) is 12.0 Å². The van der Waals surface area contributed by atoms with Crippen LogP contribution in [0.25, 0.3) is 0 Å². The van der Waals surface area contributed by atoms with Crippen molar-refractivity contribution in [1.82, 2.24) is 10.6 Å². The lowest BCUT2D eigenvalue weighted by Crippen LogP contribution is -2.53. The van der Waals surface area contributed by atoms with Crippen molar-refractivity contribution in [3.63, 3.8) is 0 Å². The van der Waals surface area contributed by atoms with Crippen molar-refractivity contribution in [3.05, 3.63) is 0 Å². The molecule has 0 spiro atoms. The van der Waals surface area contributed by atoms with Gasteiger partial charge in [-0.1, -0.05) is 19.3 Å². The maximum absolute atomic E-state index is 12.7. The van der Waals surface area contributed by atoms with Gasteiger partial charge in [-0.2, -0.15) is 0 Å². The van der Waals surface area contributed by atoms with Gasteiger partial charge in [-0.05, 0) is 51.6 Å². The van der Waals surface area contributed by atoms with E-state index < -0.39 is 0 Å². The SMILES string of the molecule is COCC1(C(=O)NC(C)C2CCCCC2)CCNCC1.Cl. The van der Waals surface area contributed by atoms with E-state index in [0.717, 1.165) is 25.9 Å². The van der Waals surface area contributed by atoms with Crippen LogP contribution in [0.3, 0.4) is 0 Å². The predicted octanol–water partition coefficient (Wildman–Crippen LogP) is 2.51. The van der Waals surface area contributed by atoms with Crippen LogP contribution in [-0.2, 0) is 9.53 Å². The van der Waals surface area contributed by atoms with Crippen LogP contribution in [-0.4, -0.2) is 38.8 Å². The molecule has 1 saturated carbocycles. The van der Waals surface area contributed by atoms with E-state index in [4.69, 9.17) is 4.74 Å². The van der Waals surface area contributed by atoms with E-state index in [9.17, 15) is 4.79 Å². The molecule has 1 unspecified atom stereocenters. The van der Waals surface area contributed by atoms with Gasteiger partial charge < -0.3 is 15.4 Å². The highest BCUT2D eigenvalue weighted by molar-refractivity contribution is 5.85. The first-order chi connectivity index (χ1) is 9.68. The fourth-order valence-corrected chi connectivity index (χ4v) is 3.73. The Morgan fingerprint density at radius 2 is 1.90 bits per heavy atom. The molecule has 4 nitrogen and oxygen atoms in total. The van der Waals surface area contributed by atoms with Crippen LogP contribution in [0.5, 0.6) is 0 Å². The van der Waals surface area contributed by atoms with Gasteiger partial charge in [0.2, 0.25) is 5.91 Å². The Morgan fingerprint density at radius 1 is 1.29 bits per heavy atom. The number of carbonyl (C=O) groups is 1. The first-order valence-corrected chi connectivity index (χ1v) is 8.18. The summed E-state index contributed by atoms with van der Waals surface area (Å²) in [6, 6.07) is 0.298. The van der Waals surface area contributed by atoms with Crippen molar-refractivity contribution in [2.75, 3.05) is 26.8 Å². The number of ether oxygens (including phenoxy) is 1. The summed E-state index contributed by atoms with van der Waals surface area (Å²) in [6.45, 7) is 4.54. The number of hydrogen-bond acceptors (Lipinski definition) is 3. The minimum absolute atomic E-state index is 0. The predicted molar refractivity (Wildman–Crippen MR) is 87.8 cm³/mol. The summed E-state index contributed by atoms with van der Waals surface area (Å²) < 4.78 is 5.34. The molecule has 0 aromatic carbocycles. The summed E-state index contributed by atoms with van der Waals surface area (Å²) in [5, 5.41) is 6.63. The molecule has 5 heteroatoms. The van der Waals surface area contributed by atoms with Crippen LogP contribution in [0, 0.1) is 11.3 Å². The number of hydrogen-bond donors (Lipinski definition) is 2. The number of amides is 1. The Morgan fingerprint density at radius 3 is 2.48 bits per heavy atom. The highest BCUT2D eigenvalue weighted by Gasteiger charge is 2.40. The third kappa shape index (κ3) is 4.83. The first kappa shape index (κ1) is 18.7. The Kier molecular flexibility index (Phi) is 7.99. The van der Waals surface area contributed by atoms with Crippen LogP contribution >= 0.6 is 12.4 Å². The summed E-state index contributed by atoms with van der Waals surface area (Å²) in [5.41, 5.74) is -0.317. The summed E-state index contributed by atoms with van der Waals surface area (Å²) in [6.07, 6.45) is 8.28. The summed E-state index contributed by atoms with van der Waals surface area (Å²) in [5.74, 6) is 0.868. The average molecular weight is 319 g/mol. The molecular weight excluding hydrogens is 288 g/mol. The molecule has 1 amide bonds. The Balaban J connectivity index is 0.00000220. The van der Waals surface area contributed by atoms with E-state index in [1.54, 1.807) is 7.11 Å². The van der Waals surface area contributed by atoms with Gasteiger partial charge in [-0.25, -0.2) is 0 Å². The van der Waals surface area contributed by atoms with Crippen molar-refractivity contribution >= 4 is 18.3 Å². The fourth-order valence-electron chi connectivity index (χ4n) is 3.73. The van der Waals surface area contributed by atoms with Gasteiger partial charge >= 0.3 is 0 Å². The third-order valence-electron chi connectivity index (χ3n) is 5.18. The van der Waals surface area contributed by atoms with Gasteiger partial charge in [-0.15, -0.1) is 12.4 Å². The molecule has 1 heterocycles. The molecule has 0 aromatic rings. The smallest absolute Gasteiger partial charge is 0.228 e. The molecular formula is C16H31ClN2O2. The monoisotopic (exact) mass is 318 g/mol. The summed E-state index contributed by atoms with van der Waals surface area (Å²) >= 11 is 0. The van der Waals surface area contributed by atoms with Crippen LogP contribution in [0.2, 0.25) is 0 Å². The van der Waals surface area contributed by atoms with Gasteiger partial charge in [-0.3, -0.25) is 4.79 Å². The molecule has 124 valence electrons. The molecule has 0 bridgehead atoms. The Bertz CT molecular complexity index is 308. The second kappa shape index (κ2) is 8.96. The van der Waals surface area contributed by atoms with Gasteiger partial charge in [0.25, 0.3) is 0 Å². The van der Waals surface area contributed by atoms with Crippen molar-refractivity contribution in [2.24, 2.45) is 11.3 Å². The van der Waals surface area contributed by atoms with E-state index in [1.165, 1.54) is 32.1 Å². The van der Waals surface area contributed by atoms with Crippen LogP contribution < -0.4 is 10.6 Å². The zero-order valence-corrected chi connectivity index (χ0v) is 14.3. The molecule has 1 atom stereocenters. The first-order valence-electron chi connectivity index (χ1n) is 8.18. The number of piperidine rings is 1. The van der Waals surface area contributed by atoms with Gasteiger partial charge in [0, 0.05) is 13.2 Å². The second-order valence-electron chi connectivity index (χ2n) is 6.62. The summed E-state index contributed by atoms with van der Waals surface area (Å²) in [4.78, 5) is 12.7. The molecule has 2 N–H and O–H groups in total. The Hall–Kier alpha value is -0.320. The standard InChI is InChI=1S/C16H30N2O2.ClH/c1-13(14-6-4-3-5-7-14)18-15(19)16(12-20-2)8-10-17-11-9-16;/h13-14,17H,3-12H2,1-2H3,(H,18,19);1H. The molecule has 0 radical (unpaired) electrons. The molecule has 1 aliphatic carbocycles. The van der Waals surface area contributed by atoms with Crippen LogP contribution in [0.15, 0.2) is 0 Å². The van der Waals surface area contributed by atoms with Crippen molar-refractivity contribution in [1.29, 1.82) is 0 Å². The highest BCUT2D eigenvalue weighted by Crippen LogP contribution is 2.31. The highest BCUT2D eigenvalue weighted by atomic mass is 35.5. The molecule has 2 rings (SSSR count). The van der Waals surface area contributed by atoms with E-state index in [0.29, 0.717) is 18.6 Å². The minimum atomic E-state index is -0.317. The normalized spacial score (nSPS) is 23.9. The zero-order chi connectivity index (χ0) is 14.4. The minimum Gasteiger partial charge on any atom is -0.384 e. The van der Waals surface area contributed by atoms with E-state index >= 15 is 0 Å². The zero-order valence-electron chi connectivity index (χ0n) is 13.5. The van der Waals surface area contributed by atoms with E-state index in [1.807, 2.05) is 0 Å². The lowest BCUT2D eigenvalue weighted by Gasteiger charge is -2.38. The number of methoxy groups -OCH3 is 1. The van der Waals surface area contributed by atoms with Gasteiger partial charge in [0.15, 0.2) is 0 Å². The average Bonchev–Trinajstić information content (AvgIpc) is 2.49. The number of halogens is 1. The fraction of sp³-hybridized carbons (Fsp3) is 0.938.